The van der Waals surface area contributed by atoms with E-state index in [1.165, 1.54) is 35.1 Å². The minimum Gasteiger partial charge on any atom is -0.459 e. The first-order valence-electron chi connectivity index (χ1n) is 7.97. The molecule has 2 heterocycles. The molecule has 7 heteroatoms. The van der Waals surface area contributed by atoms with Gasteiger partial charge in [-0.05, 0) is 36.8 Å². The van der Waals surface area contributed by atoms with Gasteiger partial charge in [0.1, 0.15) is 11.2 Å². The van der Waals surface area contributed by atoms with Crippen molar-refractivity contribution in [2.45, 2.75) is 17.5 Å². The lowest BCUT2D eigenvalue weighted by Crippen LogP contribution is -2.39. The summed E-state index contributed by atoms with van der Waals surface area (Å²) in [6.45, 7) is 2.65. The summed E-state index contributed by atoms with van der Waals surface area (Å²) in [6.07, 6.45) is 1.45. The van der Waals surface area contributed by atoms with Crippen molar-refractivity contribution in [3.63, 3.8) is 0 Å². The van der Waals surface area contributed by atoms with Crippen molar-refractivity contribution in [3.05, 3.63) is 59.8 Å². The molecule has 132 valence electrons. The number of carbonyl (C=O) groups is 2. The van der Waals surface area contributed by atoms with Crippen molar-refractivity contribution in [3.8, 4) is 0 Å². The summed E-state index contributed by atoms with van der Waals surface area (Å²) in [5, 5.41) is -0.337. The Morgan fingerprint density at radius 1 is 1.32 bits per heavy atom. The number of amides is 2. The molecule has 2 aromatic rings. The molecule has 2 atom stereocenters. The number of benzene rings is 1. The predicted molar refractivity (Wildman–Crippen MR) is 93.6 cm³/mol. The summed E-state index contributed by atoms with van der Waals surface area (Å²) < 4.78 is 18.3. The molecule has 1 aromatic heterocycles. The van der Waals surface area contributed by atoms with Gasteiger partial charge < -0.3 is 14.2 Å². The maximum atomic E-state index is 13.2. The fourth-order valence-electron chi connectivity index (χ4n) is 2.74. The minimum absolute atomic E-state index is 0.0261. The standard InChI is InChI=1S/C18H19FN2O3S/c1-12-16(22)21(18(25-12)13-5-7-14(19)8-6-13)10-9-20(2)17(23)15-4-3-11-24-15/h3-8,11-12,18H,9-10H2,1-2H3/t12-,18+/m1/s1. The van der Waals surface area contributed by atoms with E-state index in [9.17, 15) is 14.0 Å². The molecule has 2 amide bonds. The van der Waals surface area contributed by atoms with Crippen molar-refractivity contribution >= 4 is 23.6 Å². The highest BCUT2D eigenvalue weighted by Gasteiger charge is 2.38. The van der Waals surface area contributed by atoms with Gasteiger partial charge in [0.15, 0.2) is 5.76 Å². The normalized spacial score (nSPS) is 20.1. The summed E-state index contributed by atoms with van der Waals surface area (Å²) in [4.78, 5) is 28.0. The van der Waals surface area contributed by atoms with Crippen LogP contribution < -0.4 is 0 Å². The van der Waals surface area contributed by atoms with Crippen LogP contribution in [0.4, 0.5) is 4.39 Å². The number of hydrogen-bond donors (Lipinski definition) is 0. The first kappa shape index (κ1) is 17.5. The Balaban J connectivity index is 1.69. The number of carbonyl (C=O) groups excluding carboxylic acids is 2. The highest BCUT2D eigenvalue weighted by atomic mass is 32.2. The third-order valence-corrected chi connectivity index (χ3v) is 5.55. The molecule has 0 bridgehead atoms. The summed E-state index contributed by atoms with van der Waals surface area (Å²) in [5.74, 6) is -0.233. The van der Waals surface area contributed by atoms with Crippen LogP contribution in [0.3, 0.4) is 0 Å². The minimum atomic E-state index is -0.304. The second kappa shape index (κ2) is 7.31. The fraction of sp³-hybridized carbons (Fsp3) is 0.333. The molecule has 0 saturated carbocycles. The third-order valence-electron chi connectivity index (χ3n) is 4.16. The van der Waals surface area contributed by atoms with Crippen LogP contribution in [0, 0.1) is 5.82 Å². The zero-order valence-corrected chi connectivity index (χ0v) is 14.8. The monoisotopic (exact) mass is 362 g/mol. The first-order chi connectivity index (χ1) is 12.0. The molecule has 3 rings (SSSR count). The van der Waals surface area contributed by atoms with Crippen molar-refractivity contribution in [1.29, 1.82) is 0 Å². The maximum Gasteiger partial charge on any atom is 0.289 e. The van der Waals surface area contributed by atoms with Gasteiger partial charge in [0.05, 0.1) is 11.5 Å². The van der Waals surface area contributed by atoms with E-state index in [-0.39, 0.29) is 34.0 Å². The Bertz CT molecular complexity index is 748. The molecular formula is C18H19FN2O3S. The van der Waals surface area contributed by atoms with E-state index in [1.807, 2.05) is 6.92 Å². The molecule has 1 aromatic carbocycles. The fourth-order valence-corrected chi connectivity index (χ4v) is 4.04. The van der Waals surface area contributed by atoms with E-state index in [4.69, 9.17) is 4.42 Å². The third kappa shape index (κ3) is 3.71. The lowest BCUT2D eigenvalue weighted by molar-refractivity contribution is -0.129. The Morgan fingerprint density at radius 3 is 2.68 bits per heavy atom. The molecular weight excluding hydrogens is 343 g/mol. The van der Waals surface area contributed by atoms with Crippen LogP contribution in [-0.4, -0.2) is 47.0 Å². The van der Waals surface area contributed by atoms with Gasteiger partial charge in [-0.25, -0.2) is 4.39 Å². The van der Waals surface area contributed by atoms with E-state index < -0.39 is 0 Å². The number of hydrogen-bond acceptors (Lipinski definition) is 4. The van der Waals surface area contributed by atoms with Crippen LogP contribution in [0.5, 0.6) is 0 Å². The van der Waals surface area contributed by atoms with Gasteiger partial charge in [-0.1, -0.05) is 12.1 Å². The highest BCUT2D eigenvalue weighted by molar-refractivity contribution is 8.01. The van der Waals surface area contributed by atoms with Gasteiger partial charge in [-0.3, -0.25) is 9.59 Å². The Hall–Kier alpha value is -2.28. The number of thioether (sulfide) groups is 1. The van der Waals surface area contributed by atoms with E-state index in [0.29, 0.717) is 13.1 Å². The molecule has 1 fully saturated rings. The van der Waals surface area contributed by atoms with E-state index in [0.717, 1.165) is 5.56 Å². The van der Waals surface area contributed by atoms with Crippen LogP contribution in [0.15, 0.2) is 47.1 Å². The van der Waals surface area contributed by atoms with Crippen molar-refractivity contribution in [1.82, 2.24) is 9.80 Å². The Morgan fingerprint density at radius 2 is 2.04 bits per heavy atom. The summed E-state index contributed by atoms with van der Waals surface area (Å²) in [5.41, 5.74) is 0.879. The number of halogens is 1. The SMILES string of the molecule is C[C@H]1S[C@@H](c2ccc(F)cc2)N(CCN(C)C(=O)c2ccco2)C1=O. The number of rotatable bonds is 5. The Labute approximate surface area is 149 Å². The number of nitrogens with zero attached hydrogens (tertiary/aromatic N) is 2. The molecule has 1 aliphatic rings. The number of likely N-dealkylation sites (N-methyl/N-ethyl adjacent to an activating group) is 1. The second-order valence-electron chi connectivity index (χ2n) is 5.92. The van der Waals surface area contributed by atoms with Gasteiger partial charge in [0.2, 0.25) is 5.91 Å². The summed E-state index contributed by atoms with van der Waals surface area (Å²) in [7, 11) is 1.68. The molecule has 0 aliphatic carbocycles. The van der Waals surface area contributed by atoms with Gasteiger partial charge in [0.25, 0.3) is 5.91 Å². The first-order valence-corrected chi connectivity index (χ1v) is 8.92. The molecule has 0 spiro atoms. The lowest BCUT2D eigenvalue weighted by atomic mass is 10.2. The molecule has 0 radical (unpaired) electrons. The molecule has 1 aliphatic heterocycles. The second-order valence-corrected chi connectivity index (χ2v) is 7.34. The predicted octanol–water partition coefficient (Wildman–Crippen LogP) is 3.15. The largest absolute Gasteiger partial charge is 0.459 e. The zero-order valence-electron chi connectivity index (χ0n) is 14.0. The lowest BCUT2D eigenvalue weighted by Gasteiger charge is -2.26. The van der Waals surface area contributed by atoms with Gasteiger partial charge >= 0.3 is 0 Å². The van der Waals surface area contributed by atoms with E-state index in [1.54, 1.807) is 36.2 Å². The van der Waals surface area contributed by atoms with Gasteiger partial charge in [-0.2, -0.15) is 0 Å². The zero-order chi connectivity index (χ0) is 18.0. The van der Waals surface area contributed by atoms with Crippen molar-refractivity contribution in [2.75, 3.05) is 20.1 Å². The molecule has 5 nitrogen and oxygen atoms in total. The van der Waals surface area contributed by atoms with Gasteiger partial charge in [0, 0.05) is 20.1 Å². The van der Waals surface area contributed by atoms with E-state index in [2.05, 4.69) is 0 Å². The van der Waals surface area contributed by atoms with Crippen molar-refractivity contribution in [2.24, 2.45) is 0 Å². The highest BCUT2D eigenvalue weighted by Crippen LogP contribution is 2.42. The van der Waals surface area contributed by atoms with Crippen LogP contribution in [-0.2, 0) is 4.79 Å². The Kier molecular flexibility index (Phi) is 5.13. The average Bonchev–Trinajstić information content (AvgIpc) is 3.23. The quantitative estimate of drug-likeness (QED) is 0.820. The molecule has 25 heavy (non-hydrogen) atoms. The van der Waals surface area contributed by atoms with Gasteiger partial charge in [-0.15, -0.1) is 11.8 Å². The van der Waals surface area contributed by atoms with Crippen LogP contribution in [0.25, 0.3) is 0 Å². The molecule has 0 N–H and O–H groups in total. The maximum absolute atomic E-state index is 13.2. The summed E-state index contributed by atoms with van der Waals surface area (Å²) in [6, 6.07) is 9.46. The smallest absolute Gasteiger partial charge is 0.289 e. The van der Waals surface area contributed by atoms with Crippen molar-refractivity contribution < 1.29 is 18.4 Å². The molecule has 1 saturated heterocycles. The van der Waals surface area contributed by atoms with Crippen LogP contribution in [0.1, 0.15) is 28.4 Å². The van der Waals surface area contributed by atoms with Crippen LogP contribution >= 0.6 is 11.8 Å². The summed E-state index contributed by atoms with van der Waals surface area (Å²) >= 11 is 1.53. The molecule has 0 unspecified atom stereocenters. The average molecular weight is 362 g/mol. The van der Waals surface area contributed by atoms with E-state index >= 15 is 0 Å². The number of furan rings is 1. The van der Waals surface area contributed by atoms with Crippen LogP contribution in [0.2, 0.25) is 0 Å². The topological polar surface area (TPSA) is 53.8 Å².